The van der Waals surface area contributed by atoms with Crippen molar-refractivity contribution in [2.24, 2.45) is 5.41 Å². The highest BCUT2D eigenvalue weighted by atomic mass is 19.4. The fraction of sp³-hybridized carbons (Fsp3) is 0.625. The molecule has 1 aromatic rings. The van der Waals surface area contributed by atoms with E-state index in [1.54, 1.807) is 6.07 Å². The van der Waals surface area contributed by atoms with Crippen molar-refractivity contribution in [2.45, 2.75) is 58.7 Å². The molecule has 1 unspecified atom stereocenters. The molecule has 1 aliphatic carbocycles. The molecule has 4 heteroatoms. The molecule has 1 nitrogen and oxygen atoms in total. The van der Waals surface area contributed by atoms with Crippen LogP contribution in [0.2, 0.25) is 0 Å². The molecule has 0 bridgehead atoms. The van der Waals surface area contributed by atoms with Gasteiger partial charge in [0, 0.05) is 11.7 Å². The second kappa shape index (κ2) is 5.30. The van der Waals surface area contributed by atoms with Gasteiger partial charge in [0.1, 0.15) is 0 Å². The Morgan fingerprint density at radius 2 is 1.90 bits per heavy atom. The molecular weight excluding hydrogens is 263 g/mol. The van der Waals surface area contributed by atoms with Crippen LogP contribution in [0.25, 0.3) is 0 Å². The zero-order valence-corrected chi connectivity index (χ0v) is 12.3. The van der Waals surface area contributed by atoms with E-state index in [4.69, 9.17) is 0 Å². The first-order chi connectivity index (χ1) is 9.20. The molecule has 2 rings (SSSR count). The van der Waals surface area contributed by atoms with Crippen molar-refractivity contribution in [1.82, 2.24) is 0 Å². The molecule has 0 heterocycles. The summed E-state index contributed by atoms with van der Waals surface area (Å²) < 4.78 is 38.4. The molecule has 1 aromatic carbocycles. The molecule has 0 spiro atoms. The van der Waals surface area contributed by atoms with Gasteiger partial charge in [0.2, 0.25) is 0 Å². The van der Waals surface area contributed by atoms with Crippen LogP contribution in [0.15, 0.2) is 18.2 Å². The van der Waals surface area contributed by atoms with E-state index in [0.29, 0.717) is 5.69 Å². The summed E-state index contributed by atoms with van der Waals surface area (Å²) in [5, 5.41) is 3.35. The second-order valence-corrected chi connectivity index (χ2v) is 6.46. The Labute approximate surface area is 118 Å². The van der Waals surface area contributed by atoms with E-state index in [9.17, 15) is 13.2 Å². The maximum atomic E-state index is 12.8. The van der Waals surface area contributed by atoms with Crippen LogP contribution >= 0.6 is 0 Å². The molecule has 1 atom stereocenters. The van der Waals surface area contributed by atoms with Crippen LogP contribution in [0, 0.1) is 12.3 Å². The van der Waals surface area contributed by atoms with Gasteiger partial charge in [-0.2, -0.15) is 13.2 Å². The quantitative estimate of drug-likeness (QED) is 0.767. The number of hydrogen-bond acceptors (Lipinski definition) is 1. The summed E-state index contributed by atoms with van der Waals surface area (Å²) >= 11 is 0. The predicted molar refractivity (Wildman–Crippen MR) is 75.8 cm³/mol. The number of hydrogen-bond donors (Lipinski definition) is 1. The van der Waals surface area contributed by atoms with Crippen LogP contribution in [0.4, 0.5) is 18.9 Å². The minimum atomic E-state index is -4.29. The molecule has 0 aliphatic heterocycles. The van der Waals surface area contributed by atoms with Crippen LogP contribution in [-0.4, -0.2) is 6.04 Å². The SMILES string of the molecule is Cc1ccc(C(F)(F)F)cc1NC1CCCCC1(C)C. The Bertz CT molecular complexity index is 477. The lowest BCUT2D eigenvalue weighted by Crippen LogP contribution is -2.39. The van der Waals surface area contributed by atoms with E-state index in [2.05, 4.69) is 19.2 Å². The summed E-state index contributed by atoms with van der Waals surface area (Å²) in [6.07, 6.45) is 0.184. The number of aryl methyl sites for hydroxylation is 1. The fourth-order valence-electron chi connectivity index (χ4n) is 2.90. The van der Waals surface area contributed by atoms with Crippen molar-refractivity contribution >= 4 is 5.69 Å². The van der Waals surface area contributed by atoms with Crippen molar-refractivity contribution in [3.8, 4) is 0 Å². The van der Waals surface area contributed by atoms with Gasteiger partial charge in [0.05, 0.1) is 5.56 Å². The van der Waals surface area contributed by atoms with E-state index in [-0.39, 0.29) is 11.5 Å². The summed E-state index contributed by atoms with van der Waals surface area (Å²) in [6, 6.07) is 4.16. The topological polar surface area (TPSA) is 12.0 Å². The highest BCUT2D eigenvalue weighted by Crippen LogP contribution is 2.39. The molecule has 0 radical (unpaired) electrons. The Hall–Kier alpha value is -1.19. The maximum Gasteiger partial charge on any atom is 0.416 e. The Kier molecular flexibility index (Phi) is 4.03. The first-order valence-electron chi connectivity index (χ1n) is 7.14. The smallest absolute Gasteiger partial charge is 0.382 e. The molecular formula is C16H22F3N. The van der Waals surface area contributed by atoms with Gasteiger partial charge >= 0.3 is 6.18 Å². The normalized spacial score (nSPS) is 22.6. The molecule has 20 heavy (non-hydrogen) atoms. The van der Waals surface area contributed by atoms with Gasteiger partial charge in [-0.15, -0.1) is 0 Å². The second-order valence-electron chi connectivity index (χ2n) is 6.46. The van der Waals surface area contributed by atoms with E-state index in [1.807, 2.05) is 6.92 Å². The fourth-order valence-corrected chi connectivity index (χ4v) is 2.90. The summed E-state index contributed by atoms with van der Waals surface area (Å²) in [5.41, 5.74) is 1.01. The monoisotopic (exact) mass is 285 g/mol. The number of nitrogens with one attached hydrogen (secondary N) is 1. The largest absolute Gasteiger partial charge is 0.416 e. The average molecular weight is 285 g/mol. The van der Waals surface area contributed by atoms with Gasteiger partial charge in [-0.25, -0.2) is 0 Å². The van der Waals surface area contributed by atoms with Gasteiger partial charge < -0.3 is 5.32 Å². The van der Waals surface area contributed by atoms with Crippen molar-refractivity contribution in [3.05, 3.63) is 29.3 Å². The van der Waals surface area contributed by atoms with Gasteiger partial charge in [-0.3, -0.25) is 0 Å². The lowest BCUT2D eigenvalue weighted by molar-refractivity contribution is -0.137. The summed E-state index contributed by atoms with van der Waals surface area (Å²) in [5.74, 6) is 0. The van der Waals surface area contributed by atoms with Crippen molar-refractivity contribution in [3.63, 3.8) is 0 Å². The van der Waals surface area contributed by atoms with Gasteiger partial charge in [-0.05, 0) is 42.9 Å². The maximum absolute atomic E-state index is 12.8. The van der Waals surface area contributed by atoms with Crippen molar-refractivity contribution in [1.29, 1.82) is 0 Å². The highest BCUT2D eigenvalue weighted by Gasteiger charge is 2.34. The van der Waals surface area contributed by atoms with Crippen molar-refractivity contribution < 1.29 is 13.2 Å². The standard InChI is InChI=1S/C16H22F3N/c1-11-7-8-12(16(17,18)19)10-13(11)20-14-6-4-5-9-15(14,2)3/h7-8,10,14,20H,4-6,9H2,1-3H3. The van der Waals surface area contributed by atoms with E-state index >= 15 is 0 Å². The Morgan fingerprint density at radius 3 is 2.50 bits per heavy atom. The van der Waals surface area contributed by atoms with Crippen LogP contribution < -0.4 is 5.32 Å². The third-order valence-corrected chi connectivity index (χ3v) is 4.40. The number of anilines is 1. The number of halogens is 3. The molecule has 0 aromatic heterocycles. The number of alkyl halides is 3. The molecule has 112 valence electrons. The Balaban J connectivity index is 2.24. The molecule has 1 fully saturated rings. The third-order valence-electron chi connectivity index (χ3n) is 4.40. The van der Waals surface area contributed by atoms with Crippen LogP contribution in [0.3, 0.4) is 0 Å². The van der Waals surface area contributed by atoms with E-state index < -0.39 is 11.7 Å². The van der Waals surface area contributed by atoms with Gasteiger partial charge in [0.15, 0.2) is 0 Å². The van der Waals surface area contributed by atoms with E-state index in [0.717, 1.165) is 30.9 Å². The molecule has 0 amide bonds. The predicted octanol–water partition coefficient (Wildman–Crippen LogP) is 5.39. The van der Waals surface area contributed by atoms with E-state index in [1.165, 1.54) is 12.5 Å². The van der Waals surface area contributed by atoms with Gasteiger partial charge in [0.25, 0.3) is 0 Å². The molecule has 1 saturated carbocycles. The minimum absolute atomic E-state index is 0.124. The molecule has 0 saturated heterocycles. The van der Waals surface area contributed by atoms with Crippen LogP contribution in [0.5, 0.6) is 0 Å². The molecule has 1 aliphatic rings. The minimum Gasteiger partial charge on any atom is -0.382 e. The highest BCUT2D eigenvalue weighted by molar-refractivity contribution is 5.54. The Morgan fingerprint density at radius 1 is 1.20 bits per heavy atom. The third kappa shape index (κ3) is 3.28. The number of benzene rings is 1. The summed E-state index contributed by atoms with van der Waals surface area (Å²) in [6.45, 7) is 6.22. The average Bonchev–Trinajstić information content (AvgIpc) is 2.32. The number of rotatable bonds is 2. The lowest BCUT2D eigenvalue weighted by Gasteiger charge is -2.40. The zero-order chi connectivity index (χ0) is 15.0. The zero-order valence-electron chi connectivity index (χ0n) is 12.3. The first kappa shape index (κ1) is 15.2. The first-order valence-corrected chi connectivity index (χ1v) is 7.14. The summed E-state index contributed by atoms with van der Waals surface area (Å²) in [4.78, 5) is 0. The lowest BCUT2D eigenvalue weighted by atomic mass is 9.73. The van der Waals surface area contributed by atoms with Crippen LogP contribution in [0.1, 0.15) is 50.7 Å². The molecule has 1 N–H and O–H groups in total. The van der Waals surface area contributed by atoms with Crippen LogP contribution in [-0.2, 0) is 6.18 Å². The van der Waals surface area contributed by atoms with Gasteiger partial charge in [-0.1, -0.05) is 32.8 Å². The van der Waals surface area contributed by atoms with Crippen molar-refractivity contribution in [2.75, 3.05) is 5.32 Å². The summed E-state index contributed by atoms with van der Waals surface area (Å²) in [7, 11) is 0.